The highest BCUT2D eigenvalue weighted by Crippen LogP contribution is 2.33. The Hall–Kier alpha value is -4.00. The van der Waals surface area contributed by atoms with Gasteiger partial charge in [-0.15, -0.1) is 0 Å². The monoisotopic (exact) mass is 554 g/mol. The number of carbonyl (C=O) groups is 3. The third-order valence-corrected chi connectivity index (χ3v) is 7.54. The van der Waals surface area contributed by atoms with E-state index in [-0.39, 0.29) is 47.1 Å². The summed E-state index contributed by atoms with van der Waals surface area (Å²) in [6, 6.07) is 0.0776. The lowest BCUT2D eigenvalue weighted by molar-refractivity contribution is -0.138. The Morgan fingerprint density at radius 3 is 2.65 bits per heavy atom. The van der Waals surface area contributed by atoms with Gasteiger partial charge in [0.1, 0.15) is 17.7 Å². The molecular weight excluding hydrogens is 524 g/mol. The summed E-state index contributed by atoms with van der Waals surface area (Å²) in [4.78, 5) is 50.2. The van der Waals surface area contributed by atoms with Crippen molar-refractivity contribution in [1.82, 2.24) is 35.1 Å². The first-order valence-corrected chi connectivity index (χ1v) is 13.3. The number of nitrogen functional groups attached to an aromatic ring is 1. The lowest BCUT2D eigenvalue weighted by Gasteiger charge is -2.33. The van der Waals surface area contributed by atoms with Crippen molar-refractivity contribution in [2.45, 2.75) is 75.3 Å². The number of likely N-dealkylation sites (tertiary alicyclic amines) is 1. The molecule has 0 aromatic carbocycles. The Balaban J connectivity index is 1.08. The average molecular weight is 555 g/mol. The number of rotatable bonds is 5. The summed E-state index contributed by atoms with van der Waals surface area (Å²) in [6.45, 7) is 1.07. The molecule has 6 rings (SSSR count). The summed E-state index contributed by atoms with van der Waals surface area (Å²) in [7, 11) is 0. The Morgan fingerprint density at radius 1 is 1.20 bits per heavy atom. The minimum atomic E-state index is -1.42. The molecule has 1 aliphatic carbocycles. The van der Waals surface area contributed by atoms with Crippen molar-refractivity contribution in [2.24, 2.45) is 5.92 Å². The third kappa shape index (κ3) is 5.25. The number of fused-ring (bicyclic) bond motifs is 1. The number of nitrogens with two attached hydrogens (primary N) is 1. The fourth-order valence-corrected chi connectivity index (χ4v) is 4.99. The van der Waals surface area contributed by atoms with Gasteiger partial charge in [0.25, 0.3) is 5.91 Å². The summed E-state index contributed by atoms with van der Waals surface area (Å²) < 4.78 is 12.4. The van der Waals surface area contributed by atoms with Crippen LogP contribution < -0.4 is 16.4 Å². The van der Waals surface area contributed by atoms with E-state index in [1.54, 1.807) is 4.90 Å². The number of hydrogen-bond donors (Lipinski definition) is 5. The number of hydrogen-bond acceptors (Lipinski definition) is 11. The van der Waals surface area contributed by atoms with Crippen LogP contribution in [0.4, 0.5) is 10.6 Å². The number of carbonyl (C=O) groups excluding carboxylic acids is 3. The van der Waals surface area contributed by atoms with Crippen LogP contribution >= 0.6 is 0 Å². The molecule has 3 saturated heterocycles. The molecule has 40 heavy (non-hydrogen) atoms. The van der Waals surface area contributed by atoms with Crippen LogP contribution in [0.5, 0.6) is 0 Å². The van der Waals surface area contributed by atoms with Crippen molar-refractivity contribution in [3.63, 3.8) is 0 Å². The quantitative estimate of drug-likeness (QED) is 0.218. The van der Waals surface area contributed by atoms with E-state index in [1.165, 1.54) is 10.9 Å². The highest BCUT2D eigenvalue weighted by Gasteiger charge is 2.48. The van der Waals surface area contributed by atoms with E-state index in [0.717, 1.165) is 25.7 Å². The molecule has 0 radical (unpaired) electrons. The molecule has 3 amide bonds. The summed E-state index contributed by atoms with van der Waals surface area (Å²) in [5.41, 5.74) is 6.63. The fraction of sp³-hybridized carbons (Fsp3) is 0.600. The van der Waals surface area contributed by atoms with E-state index < -0.39 is 42.8 Å². The number of amides is 3. The van der Waals surface area contributed by atoms with Gasteiger partial charge in [0.2, 0.25) is 11.7 Å². The number of aliphatic hydroxyl groups excluding tert-OH is 2. The second-order valence-electron chi connectivity index (χ2n) is 10.5. The standard InChI is InChI=1S/C25H30N8O7/c26-21-17-22(33(11-27-17)24-19(36)18(35)20(40-24)23(37)28-13-4-5-13)30-14(29-21)3-1-2-12-6-8-32(9-7-12)25(38)39-16-10-15(34)31-16/h11-13,16,18-20,24,35-36H,2,4-10H2,(H,28,37)(H,31,34)(H2,26,29,30)/t16?,18-,19+,20-,24+/m0/s1. The van der Waals surface area contributed by atoms with Crippen LogP contribution in [-0.4, -0.2) is 96.2 Å². The molecule has 15 heteroatoms. The maximum atomic E-state index is 12.5. The first-order valence-electron chi connectivity index (χ1n) is 13.3. The minimum Gasteiger partial charge on any atom is -0.425 e. The van der Waals surface area contributed by atoms with Gasteiger partial charge in [0, 0.05) is 25.6 Å². The molecule has 2 aromatic heterocycles. The summed E-state index contributed by atoms with van der Waals surface area (Å²) in [6.07, 6.45) is -0.727. The van der Waals surface area contributed by atoms with Crippen LogP contribution in [0.15, 0.2) is 6.33 Å². The number of aromatic nitrogens is 4. The largest absolute Gasteiger partial charge is 0.425 e. The SMILES string of the molecule is Nc1nc(C#CCC2CCN(C(=O)OC3CC(=O)N3)CC2)nc2c1ncn2[C@@H]1O[C@H](C(=O)NC2CC2)[C@@H](O)[C@H]1O. The third-order valence-electron chi connectivity index (χ3n) is 7.54. The normalized spacial score (nSPS) is 28.4. The molecule has 6 N–H and O–H groups in total. The number of aliphatic hydroxyl groups is 2. The minimum absolute atomic E-state index is 0.0776. The van der Waals surface area contributed by atoms with Crippen LogP contribution in [0.3, 0.4) is 0 Å². The molecule has 212 valence electrons. The van der Waals surface area contributed by atoms with Crippen LogP contribution in [-0.2, 0) is 19.1 Å². The van der Waals surface area contributed by atoms with Crippen molar-refractivity contribution < 1.29 is 34.1 Å². The zero-order chi connectivity index (χ0) is 28.0. The van der Waals surface area contributed by atoms with E-state index in [4.69, 9.17) is 15.2 Å². The van der Waals surface area contributed by atoms with Gasteiger partial charge in [-0.3, -0.25) is 14.2 Å². The fourth-order valence-electron chi connectivity index (χ4n) is 4.99. The van der Waals surface area contributed by atoms with Crippen molar-refractivity contribution >= 4 is 34.9 Å². The van der Waals surface area contributed by atoms with Crippen molar-refractivity contribution in [1.29, 1.82) is 0 Å². The van der Waals surface area contributed by atoms with E-state index in [2.05, 4.69) is 37.4 Å². The maximum Gasteiger partial charge on any atom is 0.411 e. The predicted molar refractivity (Wildman–Crippen MR) is 136 cm³/mol. The molecule has 5 atom stereocenters. The zero-order valence-corrected chi connectivity index (χ0v) is 21.5. The molecule has 1 saturated carbocycles. The summed E-state index contributed by atoms with van der Waals surface area (Å²) in [5, 5.41) is 26.4. The number of ether oxygens (including phenoxy) is 2. The topological polar surface area (TPSA) is 207 Å². The molecule has 0 bridgehead atoms. The Bertz CT molecular complexity index is 1380. The van der Waals surface area contributed by atoms with Crippen molar-refractivity contribution in [3.8, 4) is 11.8 Å². The van der Waals surface area contributed by atoms with Crippen LogP contribution in [0.1, 0.15) is 50.6 Å². The molecule has 1 unspecified atom stereocenters. The van der Waals surface area contributed by atoms with Gasteiger partial charge in [-0.2, -0.15) is 0 Å². The zero-order valence-electron chi connectivity index (χ0n) is 21.5. The van der Waals surface area contributed by atoms with Gasteiger partial charge in [0.15, 0.2) is 30.0 Å². The molecule has 2 aromatic rings. The van der Waals surface area contributed by atoms with Crippen molar-refractivity contribution in [2.75, 3.05) is 18.8 Å². The molecule has 0 spiro atoms. The van der Waals surface area contributed by atoms with E-state index in [1.807, 2.05) is 0 Å². The van der Waals surface area contributed by atoms with Gasteiger partial charge < -0.3 is 41.0 Å². The van der Waals surface area contributed by atoms with Gasteiger partial charge in [-0.25, -0.2) is 19.7 Å². The smallest absolute Gasteiger partial charge is 0.411 e. The van der Waals surface area contributed by atoms with Gasteiger partial charge in [-0.1, -0.05) is 5.92 Å². The van der Waals surface area contributed by atoms with Crippen LogP contribution in [0.25, 0.3) is 11.2 Å². The molecule has 4 aliphatic rings. The molecule has 15 nitrogen and oxygen atoms in total. The first kappa shape index (κ1) is 26.2. The predicted octanol–water partition coefficient (Wildman–Crippen LogP) is -1.26. The highest BCUT2D eigenvalue weighted by molar-refractivity contribution is 5.84. The highest BCUT2D eigenvalue weighted by atomic mass is 16.6. The molecule has 4 fully saturated rings. The van der Waals surface area contributed by atoms with Crippen molar-refractivity contribution in [3.05, 3.63) is 12.2 Å². The molecular formula is C25H30N8O7. The number of nitrogens with one attached hydrogen (secondary N) is 2. The molecule has 3 aliphatic heterocycles. The number of nitrogens with zero attached hydrogens (tertiary/aromatic N) is 5. The second-order valence-corrected chi connectivity index (χ2v) is 10.5. The number of anilines is 1. The average Bonchev–Trinajstić information content (AvgIpc) is 3.55. The Morgan fingerprint density at radius 2 is 1.95 bits per heavy atom. The number of imidazole rings is 1. The Kier molecular flexibility index (Phi) is 6.90. The van der Waals surface area contributed by atoms with Gasteiger partial charge in [0.05, 0.1) is 12.7 Å². The maximum absolute atomic E-state index is 12.5. The lowest BCUT2D eigenvalue weighted by atomic mass is 9.94. The van der Waals surface area contributed by atoms with Crippen LogP contribution in [0, 0.1) is 17.8 Å². The summed E-state index contributed by atoms with van der Waals surface area (Å²) >= 11 is 0. The van der Waals surface area contributed by atoms with E-state index in [9.17, 15) is 24.6 Å². The van der Waals surface area contributed by atoms with E-state index >= 15 is 0 Å². The van der Waals surface area contributed by atoms with E-state index in [0.29, 0.717) is 19.5 Å². The summed E-state index contributed by atoms with van der Waals surface area (Å²) in [5.74, 6) is 5.94. The molecule has 5 heterocycles. The van der Waals surface area contributed by atoms with Gasteiger partial charge in [-0.05, 0) is 37.5 Å². The number of piperidine rings is 1. The first-order chi connectivity index (χ1) is 19.3. The van der Waals surface area contributed by atoms with Crippen LogP contribution in [0.2, 0.25) is 0 Å². The Labute approximate surface area is 228 Å². The second kappa shape index (κ2) is 10.5. The number of β-lactam (4-membered cyclic amide) rings is 1. The lowest BCUT2D eigenvalue weighted by Crippen LogP contribution is -2.53. The van der Waals surface area contributed by atoms with Gasteiger partial charge >= 0.3 is 6.09 Å².